The first kappa shape index (κ1) is 8.48. The second-order valence-corrected chi connectivity index (χ2v) is 2.83. The van der Waals surface area contributed by atoms with E-state index in [1.165, 1.54) is 0 Å². The fraction of sp³-hybridized carbons (Fsp3) is 0.875. The molecule has 2 atom stereocenters. The molecule has 1 aliphatic rings. The molecule has 0 aromatic carbocycles. The highest BCUT2D eigenvalue weighted by molar-refractivity contribution is 4.81. The van der Waals surface area contributed by atoms with Crippen LogP contribution in [-0.2, 0) is 4.74 Å². The van der Waals surface area contributed by atoms with Crippen molar-refractivity contribution in [2.75, 3.05) is 13.2 Å². The number of hydrogen-bond acceptors (Lipinski definition) is 2. The van der Waals surface area contributed by atoms with Crippen molar-refractivity contribution in [1.29, 1.82) is 5.26 Å². The normalized spacial score (nSPS) is 32.4. The average molecular weight is 157 g/mol. The highest BCUT2D eigenvalue weighted by Gasteiger charge is 2.22. The molecule has 0 N–H and O–H groups in total. The van der Waals surface area contributed by atoms with Crippen LogP contribution in [-0.4, -0.2) is 19.4 Å². The number of nitriles is 1. The van der Waals surface area contributed by atoms with Crippen molar-refractivity contribution in [3.8, 4) is 6.07 Å². The fourth-order valence-electron chi connectivity index (χ4n) is 1.30. The van der Waals surface area contributed by atoms with Crippen LogP contribution >= 0.6 is 0 Å². The predicted molar refractivity (Wildman–Crippen MR) is 38.7 cm³/mol. The lowest BCUT2D eigenvalue weighted by Crippen LogP contribution is -2.14. The molecule has 1 rings (SSSR count). The van der Waals surface area contributed by atoms with Gasteiger partial charge in [0.2, 0.25) is 0 Å². The molecule has 2 nitrogen and oxygen atoms in total. The third-order valence-corrected chi connectivity index (χ3v) is 2.04. The van der Waals surface area contributed by atoms with Crippen LogP contribution in [0.4, 0.5) is 4.39 Å². The van der Waals surface area contributed by atoms with Gasteiger partial charge in [-0.05, 0) is 6.42 Å². The summed E-state index contributed by atoms with van der Waals surface area (Å²) in [6.07, 6.45) is 0.628. The van der Waals surface area contributed by atoms with Gasteiger partial charge in [0, 0.05) is 32.0 Å². The van der Waals surface area contributed by atoms with Gasteiger partial charge in [0.25, 0.3) is 0 Å². The molecule has 1 aliphatic heterocycles. The molecular formula is C8H12FNO. The van der Waals surface area contributed by atoms with Crippen LogP contribution < -0.4 is 0 Å². The van der Waals surface area contributed by atoms with Crippen molar-refractivity contribution < 1.29 is 9.13 Å². The Morgan fingerprint density at radius 1 is 1.45 bits per heavy atom. The second kappa shape index (κ2) is 4.30. The number of ether oxygens (including phenoxy) is 1. The van der Waals surface area contributed by atoms with Crippen LogP contribution in [0, 0.1) is 17.2 Å². The van der Waals surface area contributed by atoms with Crippen molar-refractivity contribution in [3.63, 3.8) is 0 Å². The molecule has 1 saturated heterocycles. The average Bonchev–Trinajstić information content (AvgIpc) is 2.18. The molecule has 62 valence electrons. The van der Waals surface area contributed by atoms with Crippen molar-refractivity contribution in [3.05, 3.63) is 0 Å². The van der Waals surface area contributed by atoms with E-state index in [1.807, 2.05) is 6.07 Å². The van der Waals surface area contributed by atoms with Crippen LogP contribution in [0.25, 0.3) is 0 Å². The molecule has 0 aromatic heterocycles. The molecule has 1 heterocycles. The van der Waals surface area contributed by atoms with Gasteiger partial charge >= 0.3 is 0 Å². The SMILES string of the molecule is N#CC[C@@H]1CCOCC[C@H]1F. The van der Waals surface area contributed by atoms with E-state index in [1.54, 1.807) is 0 Å². The summed E-state index contributed by atoms with van der Waals surface area (Å²) in [5.41, 5.74) is 0. The van der Waals surface area contributed by atoms with Gasteiger partial charge in [-0.3, -0.25) is 0 Å². The molecule has 0 radical (unpaired) electrons. The first-order valence-corrected chi connectivity index (χ1v) is 3.93. The van der Waals surface area contributed by atoms with Gasteiger partial charge in [0.15, 0.2) is 0 Å². The van der Waals surface area contributed by atoms with Crippen molar-refractivity contribution in [1.82, 2.24) is 0 Å². The van der Waals surface area contributed by atoms with Crippen LogP contribution in [0.1, 0.15) is 19.3 Å². The third-order valence-electron chi connectivity index (χ3n) is 2.04. The van der Waals surface area contributed by atoms with E-state index in [2.05, 4.69) is 0 Å². The summed E-state index contributed by atoms with van der Waals surface area (Å²) < 4.78 is 18.2. The largest absolute Gasteiger partial charge is 0.381 e. The summed E-state index contributed by atoms with van der Waals surface area (Å²) in [4.78, 5) is 0. The number of rotatable bonds is 1. The van der Waals surface area contributed by atoms with Gasteiger partial charge in [0.1, 0.15) is 6.17 Å². The molecule has 0 spiro atoms. The van der Waals surface area contributed by atoms with Crippen LogP contribution in [0.5, 0.6) is 0 Å². The monoisotopic (exact) mass is 157 g/mol. The molecule has 0 aromatic rings. The minimum absolute atomic E-state index is 0.0949. The Kier molecular flexibility index (Phi) is 3.31. The first-order chi connectivity index (χ1) is 5.34. The minimum atomic E-state index is -0.836. The zero-order chi connectivity index (χ0) is 8.10. The van der Waals surface area contributed by atoms with E-state index in [0.717, 1.165) is 0 Å². The summed E-state index contributed by atoms with van der Waals surface area (Å²) >= 11 is 0. The maximum Gasteiger partial charge on any atom is 0.106 e. The quantitative estimate of drug-likeness (QED) is 0.580. The van der Waals surface area contributed by atoms with E-state index in [4.69, 9.17) is 10.00 Å². The zero-order valence-electron chi connectivity index (χ0n) is 6.42. The summed E-state index contributed by atoms with van der Waals surface area (Å²) in [6.45, 7) is 1.11. The second-order valence-electron chi connectivity index (χ2n) is 2.83. The lowest BCUT2D eigenvalue weighted by Gasteiger charge is -2.12. The van der Waals surface area contributed by atoms with E-state index in [0.29, 0.717) is 32.5 Å². The molecular weight excluding hydrogens is 145 g/mol. The molecule has 0 unspecified atom stereocenters. The van der Waals surface area contributed by atoms with Gasteiger partial charge in [0.05, 0.1) is 6.07 Å². The molecule has 3 heteroatoms. The van der Waals surface area contributed by atoms with E-state index >= 15 is 0 Å². The number of nitrogens with zero attached hydrogens (tertiary/aromatic N) is 1. The molecule has 0 amide bonds. The standard InChI is InChI=1S/C8H12FNO/c9-8-3-6-11-5-2-7(8)1-4-10/h7-8H,1-3,5-6H2/t7-,8-/m1/s1. The van der Waals surface area contributed by atoms with E-state index < -0.39 is 6.17 Å². The summed E-state index contributed by atoms with van der Waals surface area (Å²) in [7, 11) is 0. The van der Waals surface area contributed by atoms with Gasteiger partial charge < -0.3 is 4.74 Å². The number of halogens is 1. The van der Waals surface area contributed by atoms with Crippen molar-refractivity contribution >= 4 is 0 Å². The Balaban J connectivity index is 2.40. The minimum Gasteiger partial charge on any atom is -0.381 e. The van der Waals surface area contributed by atoms with Gasteiger partial charge in [-0.25, -0.2) is 4.39 Å². The Hall–Kier alpha value is -0.620. The maximum atomic E-state index is 13.1. The van der Waals surface area contributed by atoms with Crippen molar-refractivity contribution in [2.24, 2.45) is 5.92 Å². The summed E-state index contributed by atoms with van der Waals surface area (Å²) in [5.74, 6) is -0.0949. The first-order valence-electron chi connectivity index (χ1n) is 3.93. The lowest BCUT2D eigenvalue weighted by molar-refractivity contribution is 0.138. The number of alkyl halides is 1. The molecule has 1 fully saturated rings. The van der Waals surface area contributed by atoms with Gasteiger partial charge in [-0.1, -0.05) is 0 Å². The lowest BCUT2D eigenvalue weighted by atomic mass is 9.96. The van der Waals surface area contributed by atoms with Crippen LogP contribution in [0.3, 0.4) is 0 Å². The Morgan fingerprint density at radius 3 is 2.91 bits per heavy atom. The molecule has 0 bridgehead atoms. The zero-order valence-corrected chi connectivity index (χ0v) is 6.42. The van der Waals surface area contributed by atoms with Gasteiger partial charge in [-0.15, -0.1) is 0 Å². The summed E-state index contributed by atoms with van der Waals surface area (Å²) in [6, 6.07) is 2.00. The maximum absolute atomic E-state index is 13.1. The molecule has 0 saturated carbocycles. The Morgan fingerprint density at radius 2 is 2.18 bits per heavy atom. The highest BCUT2D eigenvalue weighted by atomic mass is 19.1. The van der Waals surface area contributed by atoms with E-state index in [-0.39, 0.29) is 5.92 Å². The summed E-state index contributed by atoms with van der Waals surface area (Å²) in [5, 5.41) is 8.37. The van der Waals surface area contributed by atoms with E-state index in [9.17, 15) is 4.39 Å². The van der Waals surface area contributed by atoms with Gasteiger partial charge in [-0.2, -0.15) is 5.26 Å². The third kappa shape index (κ3) is 2.47. The topological polar surface area (TPSA) is 33.0 Å². The number of hydrogen-bond donors (Lipinski definition) is 0. The fourth-order valence-corrected chi connectivity index (χ4v) is 1.30. The Labute approximate surface area is 66.0 Å². The molecule has 0 aliphatic carbocycles. The van der Waals surface area contributed by atoms with Crippen LogP contribution in [0.15, 0.2) is 0 Å². The Bertz CT molecular complexity index is 155. The molecule has 11 heavy (non-hydrogen) atoms. The smallest absolute Gasteiger partial charge is 0.106 e. The van der Waals surface area contributed by atoms with Crippen LogP contribution in [0.2, 0.25) is 0 Å². The predicted octanol–water partition coefficient (Wildman–Crippen LogP) is 1.66. The highest BCUT2D eigenvalue weighted by Crippen LogP contribution is 2.22. The van der Waals surface area contributed by atoms with Crippen molar-refractivity contribution in [2.45, 2.75) is 25.4 Å².